The first-order valence-corrected chi connectivity index (χ1v) is 15.6. The van der Waals surface area contributed by atoms with E-state index in [0.29, 0.717) is 0 Å². The molecule has 4 aromatic rings. The molecule has 0 spiro atoms. The van der Waals surface area contributed by atoms with Crippen molar-refractivity contribution in [1.29, 1.82) is 0 Å². The Kier molecular flexibility index (Phi) is 10.6. The van der Waals surface area contributed by atoms with Crippen LogP contribution in [-0.4, -0.2) is 27.0 Å². The molecule has 0 aliphatic carbocycles. The molecule has 0 heterocycles. The minimum absolute atomic E-state index is 0.309. The summed E-state index contributed by atoms with van der Waals surface area (Å²) in [4.78, 5) is 21.6. The average Bonchev–Trinajstić information content (AvgIpc) is 2.85. The molecule has 0 radical (unpaired) electrons. The molecular formula is C27H29O4P3. The van der Waals surface area contributed by atoms with Crippen molar-refractivity contribution in [1.82, 2.24) is 0 Å². The van der Waals surface area contributed by atoms with E-state index in [-0.39, 0.29) is 15.8 Å². The number of benzene rings is 4. The highest BCUT2D eigenvalue weighted by molar-refractivity contribution is 7.74. The first kappa shape index (κ1) is 26.5. The zero-order valence-corrected chi connectivity index (χ0v) is 21.4. The van der Waals surface area contributed by atoms with Crippen LogP contribution in [0.4, 0.5) is 0 Å². The summed E-state index contributed by atoms with van der Waals surface area (Å²) in [7, 11) is -5.26. The van der Waals surface area contributed by atoms with Crippen LogP contribution in [0, 0.1) is 0 Å². The molecule has 0 unspecified atom stereocenters. The maximum atomic E-state index is 8.88. The van der Waals surface area contributed by atoms with Crippen molar-refractivity contribution >= 4 is 44.9 Å². The molecule has 7 heteroatoms. The molecule has 0 aliphatic heterocycles. The molecule has 0 saturated heterocycles. The Morgan fingerprint density at radius 1 is 0.471 bits per heavy atom. The molecule has 0 atom stereocenters. The molecule has 0 saturated carbocycles. The second-order valence-corrected chi connectivity index (χ2v) is 13.2. The third kappa shape index (κ3) is 9.24. The van der Waals surface area contributed by atoms with Crippen molar-refractivity contribution in [3.63, 3.8) is 0 Å². The Morgan fingerprint density at radius 3 is 0.882 bits per heavy atom. The smallest absolute Gasteiger partial charge is 0.303 e. The second-order valence-electron chi connectivity index (χ2n) is 7.51. The molecule has 0 bridgehead atoms. The molecule has 4 rings (SSSR count). The fraction of sp³-hybridized carbons (Fsp3) is 0.111. The molecule has 0 aromatic heterocycles. The van der Waals surface area contributed by atoms with E-state index in [1.165, 1.54) is 40.0 Å². The summed E-state index contributed by atoms with van der Waals surface area (Å²) in [5, 5.41) is 5.94. The Balaban J connectivity index is 0.000000588. The summed E-state index contributed by atoms with van der Waals surface area (Å²) >= 11 is 0. The predicted molar refractivity (Wildman–Crippen MR) is 147 cm³/mol. The van der Waals surface area contributed by atoms with E-state index in [1.54, 1.807) is 0 Å². The molecule has 3 N–H and O–H groups in total. The minimum atomic E-state index is -4.64. The normalized spacial score (nSPS) is 11.2. The van der Waals surface area contributed by atoms with Gasteiger partial charge in [-0.25, -0.2) is 4.57 Å². The summed E-state index contributed by atoms with van der Waals surface area (Å²) in [5.41, 5.74) is 0. The summed E-state index contributed by atoms with van der Waals surface area (Å²) in [6.07, 6.45) is 3.72. The van der Waals surface area contributed by atoms with Crippen LogP contribution in [0.15, 0.2) is 121 Å². The monoisotopic (exact) mass is 510 g/mol. The highest BCUT2D eigenvalue weighted by Crippen LogP contribution is 2.39. The quantitative estimate of drug-likeness (QED) is 0.300. The van der Waals surface area contributed by atoms with Crippen LogP contribution in [0.3, 0.4) is 0 Å². The van der Waals surface area contributed by atoms with E-state index in [9.17, 15) is 0 Å². The molecule has 0 amide bonds. The Hall–Kier alpha value is -2.15. The van der Waals surface area contributed by atoms with E-state index in [2.05, 4.69) is 121 Å². The van der Waals surface area contributed by atoms with Gasteiger partial charge in [0.05, 0.1) is 0 Å². The molecule has 34 heavy (non-hydrogen) atoms. The molecule has 4 nitrogen and oxygen atoms in total. The van der Waals surface area contributed by atoms with Gasteiger partial charge in [-0.3, -0.25) is 0 Å². The van der Waals surface area contributed by atoms with Crippen LogP contribution >= 0.6 is 23.7 Å². The van der Waals surface area contributed by atoms with Gasteiger partial charge in [0.15, 0.2) is 0 Å². The SMILES string of the molecule is O=P(O)(O)O.c1ccc(P(CCCP(c2ccccc2)c2ccccc2)c2ccccc2)cc1. The van der Waals surface area contributed by atoms with Crippen LogP contribution < -0.4 is 21.2 Å². The van der Waals surface area contributed by atoms with Gasteiger partial charge in [-0.1, -0.05) is 121 Å². The van der Waals surface area contributed by atoms with Gasteiger partial charge >= 0.3 is 7.82 Å². The van der Waals surface area contributed by atoms with Crippen molar-refractivity contribution in [3.05, 3.63) is 121 Å². The van der Waals surface area contributed by atoms with Gasteiger partial charge in [-0.2, -0.15) is 0 Å². The summed E-state index contributed by atoms with van der Waals surface area (Å²) in [6.45, 7) is 0. The fourth-order valence-corrected chi connectivity index (χ4v) is 8.59. The number of rotatable bonds is 8. The van der Waals surface area contributed by atoms with Crippen molar-refractivity contribution < 1.29 is 19.2 Å². The van der Waals surface area contributed by atoms with Gasteiger partial charge in [0, 0.05) is 0 Å². The average molecular weight is 510 g/mol. The lowest BCUT2D eigenvalue weighted by molar-refractivity contribution is 0.275. The standard InChI is InChI=1S/C27H26P2.H3O4P/c1-5-14-24(15-6-1)28(25-16-7-2-8-17-25)22-13-23-29(26-18-9-3-10-19-26)27-20-11-4-12-21-27;1-5(2,3)4/h1-12,14-21H,13,22-23H2;(H3,1,2,3,4). The molecular weight excluding hydrogens is 481 g/mol. The van der Waals surface area contributed by atoms with Crippen LogP contribution in [-0.2, 0) is 4.57 Å². The highest BCUT2D eigenvalue weighted by atomic mass is 31.2. The van der Waals surface area contributed by atoms with E-state index in [1.807, 2.05) is 0 Å². The van der Waals surface area contributed by atoms with Crippen LogP contribution in [0.25, 0.3) is 0 Å². The third-order valence-corrected chi connectivity index (χ3v) is 10.2. The van der Waals surface area contributed by atoms with Crippen LogP contribution in [0.2, 0.25) is 0 Å². The van der Waals surface area contributed by atoms with E-state index < -0.39 is 7.82 Å². The second kappa shape index (κ2) is 13.7. The maximum Gasteiger partial charge on any atom is 0.466 e. The van der Waals surface area contributed by atoms with Gasteiger partial charge in [0.1, 0.15) is 0 Å². The van der Waals surface area contributed by atoms with Crippen LogP contribution in [0.5, 0.6) is 0 Å². The molecule has 176 valence electrons. The summed E-state index contributed by atoms with van der Waals surface area (Å²) in [6, 6.07) is 44.3. The largest absolute Gasteiger partial charge is 0.466 e. The van der Waals surface area contributed by atoms with E-state index >= 15 is 0 Å². The first-order chi connectivity index (χ1) is 16.4. The zero-order chi connectivity index (χ0) is 24.2. The van der Waals surface area contributed by atoms with E-state index in [0.717, 1.165) is 0 Å². The minimum Gasteiger partial charge on any atom is -0.303 e. The fourth-order valence-electron chi connectivity index (χ4n) is 3.63. The van der Waals surface area contributed by atoms with Gasteiger partial charge in [0.2, 0.25) is 0 Å². The Bertz CT molecular complexity index is 967. The molecule has 4 aromatic carbocycles. The highest BCUT2D eigenvalue weighted by Gasteiger charge is 2.17. The third-order valence-electron chi connectivity index (χ3n) is 5.03. The van der Waals surface area contributed by atoms with Crippen molar-refractivity contribution in [2.24, 2.45) is 0 Å². The molecule has 0 fully saturated rings. The van der Waals surface area contributed by atoms with Gasteiger partial charge in [0.25, 0.3) is 0 Å². The van der Waals surface area contributed by atoms with Crippen molar-refractivity contribution in [3.8, 4) is 0 Å². The first-order valence-electron chi connectivity index (χ1n) is 11.0. The number of hydrogen-bond acceptors (Lipinski definition) is 1. The summed E-state index contributed by atoms with van der Waals surface area (Å²) in [5.74, 6) is 0. The van der Waals surface area contributed by atoms with Crippen LogP contribution in [0.1, 0.15) is 6.42 Å². The zero-order valence-electron chi connectivity index (χ0n) is 18.8. The summed E-state index contributed by atoms with van der Waals surface area (Å²) < 4.78 is 8.88. The Labute approximate surface area is 204 Å². The van der Waals surface area contributed by atoms with Gasteiger partial charge in [-0.05, 0) is 55.8 Å². The maximum absolute atomic E-state index is 8.88. The predicted octanol–water partition coefficient (Wildman–Crippen LogP) is 4.71. The number of phosphoric acid groups is 1. The topological polar surface area (TPSA) is 77.8 Å². The van der Waals surface area contributed by atoms with Gasteiger partial charge < -0.3 is 14.7 Å². The van der Waals surface area contributed by atoms with Crippen molar-refractivity contribution in [2.75, 3.05) is 12.3 Å². The lowest BCUT2D eigenvalue weighted by Gasteiger charge is -2.22. The van der Waals surface area contributed by atoms with Crippen molar-refractivity contribution in [2.45, 2.75) is 6.42 Å². The van der Waals surface area contributed by atoms with E-state index in [4.69, 9.17) is 19.2 Å². The molecule has 0 aliphatic rings. The lowest BCUT2D eigenvalue weighted by Crippen LogP contribution is -2.17. The lowest BCUT2D eigenvalue weighted by atomic mass is 10.4. The number of hydrogen-bond donors (Lipinski definition) is 3. The Morgan fingerprint density at radius 2 is 0.676 bits per heavy atom. The van der Waals surface area contributed by atoms with Gasteiger partial charge in [-0.15, -0.1) is 0 Å².